The summed E-state index contributed by atoms with van der Waals surface area (Å²) < 4.78 is 12.4. The predicted octanol–water partition coefficient (Wildman–Crippen LogP) is 11.2. The third-order valence-corrected chi connectivity index (χ3v) is 8.35. The fourth-order valence-corrected chi connectivity index (χ4v) is 6.28. The zero-order chi connectivity index (χ0) is 28.3. The number of para-hydroxylation sites is 1. The summed E-state index contributed by atoms with van der Waals surface area (Å²) in [5.74, 6) is 0. The van der Waals surface area contributed by atoms with Crippen molar-refractivity contribution in [3.63, 3.8) is 0 Å². The maximum atomic E-state index is 6.28. The van der Waals surface area contributed by atoms with Crippen molar-refractivity contribution in [2.45, 2.75) is 0 Å². The first kappa shape index (κ1) is 23.8. The molecule has 0 saturated heterocycles. The minimum atomic E-state index is 0.801. The highest BCUT2D eigenvalue weighted by Crippen LogP contribution is 2.41. The predicted molar refractivity (Wildman–Crippen MR) is 176 cm³/mol. The molecule has 0 saturated carbocycles. The number of hydrogen-bond donors (Lipinski definition) is 0. The second-order valence-electron chi connectivity index (χ2n) is 10.8. The molecule has 3 aromatic heterocycles. The van der Waals surface area contributed by atoms with E-state index < -0.39 is 0 Å². The molecule has 4 heteroatoms. The summed E-state index contributed by atoms with van der Waals surface area (Å²) in [5, 5.41) is 6.57. The van der Waals surface area contributed by atoms with Crippen LogP contribution in [-0.4, -0.2) is 4.98 Å². The van der Waals surface area contributed by atoms with Gasteiger partial charge in [-0.25, -0.2) is 0 Å². The summed E-state index contributed by atoms with van der Waals surface area (Å²) >= 11 is 0. The van der Waals surface area contributed by atoms with Crippen LogP contribution in [0.1, 0.15) is 0 Å². The van der Waals surface area contributed by atoms with Gasteiger partial charge in [0, 0.05) is 50.2 Å². The van der Waals surface area contributed by atoms with Crippen molar-refractivity contribution in [3.05, 3.63) is 146 Å². The molecule has 202 valence electrons. The van der Waals surface area contributed by atoms with Crippen LogP contribution in [0.4, 0.5) is 17.1 Å². The minimum absolute atomic E-state index is 0.801. The average molecular weight is 553 g/mol. The molecule has 0 N–H and O–H groups in total. The lowest BCUT2D eigenvalue weighted by molar-refractivity contribution is 0.669. The standard InChI is InChI=1S/C39H24N2O2/c1-2-6-25(7-3-1)26-10-13-28(14-11-26)41(30-16-19-37-35(23-30)32-8-4-5-9-36(32)42-37)29-15-18-31-27(22-29)12-17-34-33-20-21-40-24-38(33)43-39(31)34/h1-24H. The van der Waals surface area contributed by atoms with Crippen LogP contribution in [0, 0.1) is 0 Å². The highest BCUT2D eigenvalue weighted by molar-refractivity contribution is 6.15. The van der Waals surface area contributed by atoms with Gasteiger partial charge in [-0.05, 0) is 83.2 Å². The molecule has 9 rings (SSSR count). The van der Waals surface area contributed by atoms with Crippen molar-refractivity contribution in [1.29, 1.82) is 0 Å². The third-order valence-electron chi connectivity index (χ3n) is 8.35. The molecule has 0 bridgehead atoms. The van der Waals surface area contributed by atoms with E-state index in [1.807, 2.05) is 30.5 Å². The van der Waals surface area contributed by atoms with E-state index in [0.717, 1.165) is 71.7 Å². The molecule has 0 radical (unpaired) electrons. The zero-order valence-corrected chi connectivity index (χ0v) is 23.1. The molecule has 4 nitrogen and oxygen atoms in total. The maximum Gasteiger partial charge on any atom is 0.153 e. The van der Waals surface area contributed by atoms with Gasteiger partial charge in [0.1, 0.15) is 16.7 Å². The quantitative estimate of drug-likeness (QED) is 0.218. The van der Waals surface area contributed by atoms with Crippen LogP contribution in [-0.2, 0) is 0 Å². The second kappa shape index (κ2) is 9.33. The lowest BCUT2D eigenvalue weighted by Gasteiger charge is -2.26. The molecule has 6 aromatic carbocycles. The van der Waals surface area contributed by atoms with Crippen LogP contribution in [0.25, 0.3) is 65.8 Å². The number of rotatable bonds is 4. The Bertz CT molecular complexity index is 2450. The summed E-state index contributed by atoms with van der Waals surface area (Å²) in [6, 6.07) is 46.8. The molecule has 43 heavy (non-hydrogen) atoms. The monoisotopic (exact) mass is 552 g/mol. The number of furan rings is 2. The average Bonchev–Trinajstić information content (AvgIpc) is 3.64. The molecule has 0 atom stereocenters. The first-order chi connectivity index (χ1) is 21.3. The van der Waals surface area contributed by atoms with E-state index in [-0.39, 0.29) is 0 Å². The van der Waals surface area contributed by atoms with E-state index in [1.165, 1.54) is 11.1 Å². The Morgan fingerprint density at radius 2 is 1.14 bits per heavy atom. The number of nitrogens with zero attached hydrogens (tertiary/aromatic N) is 2. The molecule has 3 heterocycles. The van der Waals surface area contributed by atoms with Gasteiger partial charge in [-0.15, -0.1) is 0 Å². The topological polar surface area (TPSA) is 42.4 Å². The van der Waals surface area contributed by atoms with Crippen molar-refractivity contribution in [1.82, 2.24) is 4.98 Å². The van der Waals surface area contributed by atoms with Crippen LogP contribution < -0.4 is 4.90 Å². The number of pyridine rings is 1. The second-order valence-corrected chi connectivity index (χ2v) is 10.8. The van der Waals surface area contributed by atoms with Crippen LogP contribution in [0.15, 0.2) is 155 Å². The number of aromatic nitrogens is 1. The Balaban J connectivity index is 1.23. The Kier molecular flexibility index (Phi) is 5.16. The van der Waals surface area contributed by atoms with E-state index >= 15 is 0 Å². The molecule has 9 aromatic rings. The van der Waals surface area contributed by atoms with E-state index in [2.05, 4.69) is 119 Å². The van der Waals surface area contributed by atoms with Crippen LogP contribution in [0.3, 0.4) is 0 Å². The smallest absolute Gasteiger partial charge is 0.153 e. The van der Waals surface area contributed by atoms with Crippen LogP contribution in [0.5, 0.6) is 0 Å². The molecular formula is C39H24N2O2. The fourth-order valence-electron chi connectivity index (χ4n) is 6.28. The van der Waals surface area contributed by atoms with Crippen LogP contribution in [0.2, 0.25) is 0 Å². The summed E-state index contributed by atoms with van der Waals surface area (Å²) in [7, 11) is 0. The number of benzene rings is 6. The van der Waals surface area contributed by atoms with E-state index in [0.29, 0.717) is 0 Å². The first-order valence-corrected chi connectivity index (χ1v) is 14.4. The minimum Gasteiger partial charge on any atom is -0.456 e. The molecule has 0 spiro atoms. The van der Waals surface area contributed by atoms with Crippen molar-refractivity contribution in [2.24, 2.45) is 0 Å². The van der Waals surface area contributed by atoms with E-state index in [4.69, 9.17) is 8.83 Å². The zero-order valence-electron chi connectivity index (χ0n) is 23.1. The summed E-state index contributed by atoms with van der Waals surface area (Å²) in [4.78, 5) is 6.56. The number of fused-ring (bicyclic) bond motifs is 8. The van der Waals surface area contributed by atoms with Crippen LogP contribution >= 0.6 is 0 Å². The number of anilines is 3. The van der Waals surface area contributed by atoms with E-state index in [1.54, 1.807) is 6.20 Å². The Labute approximate surface area is 247 Å². The SMILES string of the molecule is c1ccc(-c2ccc(N(c3ccc4c(ccc5c6ccncc6oc45)c3)c3ccc4oc5ccccc5c4c3)cc2)cc1. The van der Waals surface area contributed by atoms with Crippen molar-refractivity contribution in [2.75, 3.05) is 4.90 Å². The van der Waals surface area contributed by atoms with Crippen molar-refractivity contribution in [3.8, 4) is 11.1 Å². The summed E-state index contributed by atoms with van der Waals surface area (Å²) in [6.07, 6.45) is 3.59. The lowest BCUT2D eigenvalue weighted by atomic mass is 10.0. The summed E-state index contributed by atoms with van der Waals surface area (Å²) in [5.41, 5.74) is 9.03. The molecule has 0 fully saturated rings. The normalized spacial score (nSPS) is 11.7. The van der Waals surface area contributed by atoms with E-state index in [9.17, 15) is 0 Å². The van der Waals surface area contributed by atoms with Gasteiger partial charge < -0.3 is 13.7 Å². The molecule has 0 aliphatic rings. The molecule has 0 amide bonds. The molecule has 0 aliphatic carbocycles. The largest absolute Gasteiger partial charge is 0.456 e. The van der Waals surface area contributed by atoms with Gasteiger partial charge in [0.2, 0.25) is 0 Å². The molecule has 0 unspecified atom stereocenters. The highest BCUT2D eigenvalue weighted by atomic mass is 16.3. The first-order valence-electron chi connectivity index (χ1n) is 14.4. The van der Waals surface area contributed by atoms with Gasteiger partial charge in [0.15, 0.2) is 5.58 Å². The van der Waals surface area contributed by atoms with Gasteiger partial charge >= 0.3 is 0 Å². The number of hydrogen-bond acceptors (Lipinski definition) is 4. The highest BCUT2D eigenvalue weighted by Gasteiger charge is 2.17. The lowest BCUT2D eigenvalue weighted by Crippen LogP contribution is -2.09. The third kappa shape index (κ3) is 3.81. The summed E-state index contributed by atoms with van der Waals surface area (Å²) in [6.45, 7) is 0. The van der Waals surface area contributed by atoms with Gasteiger partial charge in [0.05, 0.1) is 6.20 Å². The van der Waals surface area contributed by atoms with Crippen molar-refractivity contribution >= 4 is 71.7 Å². The van der Waals surface area contributed by atoms with Gasteiger partial charge in [-0.3, -0.25) is 4.98 Å². The fraction of sp³-hybridized carbons (Fsp3) is 0. The molecular weight excluding hydrogens is 528 g/mol. The Hall–Kier alpha value is -5.87. The molecule has 0 aliphatic heterocycles. The maximum absolute atomic E-state index is 6.28. The van der Waals surface area contributed by atoms with Crippen molar-refractivity contribution < 1.29 is 8.83 Å². The van der Waals surface area contributed by atoms with Gasteiger partial charge in [0.25, 0.3) is 0 Å². The van der Waals surface area contributed by atoms with Gasteiger partial charge in [-0.2, -0.15) is 0 Å². The van der Waals surface area contributed by atoms with Gasteiger partial charge in [-0.1, -0.05) is 66.7 Å². The Morgan fingerprint density at radius 3 is 2.05 bits per heavy atom. The Morgan fingerprint density at radius 1 is 0.442 bits per heavy atom.